The monoisotopic (exact) mass is 710 g/mol. The normalized spacial score (nSPS) is 47.6. The Morgan fingerprint density at radius 1 is 0.673 bits per heavy atom. The molecule has 8 rings (SSSR count). The van der Waals surface area contributed by atoms with Crippen LogP contribution in [0, 0.1) is 81.8 Å². The minimum Gasteiger partial charge on any atom is -0.462 e. The van der Waals surface area contributed by atoms with Gasteiger partial charge in [-0.2, -0.15) is 0 Å². The number of hydrogen-bond donors (Lipinski definition) is 0. The molecule has 0 N–H and O–H groups in total. The molecular weight excluding hydrogens is 649 g/mol. The van der Waals surface area contributed by atoms with E-state index in [1.54, 1.807) is 13.8 Å². The molecule has 0 amide bonds. The molecule has 0 radical (unpaired) electrons. The number of ketones is 2. The summed E-state index contributed by atoms with van der Waals surface area (Å²) in [4.78, 5) is 51.8. The van der Waals surface area contributed by atoms with E-state index in [0.717, 1.165) is 77.0 Å². The van der Waals surface area contributed by atoms with Gasteiger partial charge in [-0.1, -0.05) is 37.1 Å². The van der Waals surface area contributed by atoms with Crippen LogP contribution in [0.15, 0.2) is 48.6 Å². The van der Waals surface area contributed by atoms with E-state index in [2.05, 4.69) is 51.3 Å². The Morgan fingerprint density at radius 3 is 1.44 bits per heavy atom. The first-order valence-electron chi connectivity index (χ1n) is 21.0. The first-order valence-corrected chi connectivity index (χ1v) is 21.0. The van der Waals surface area contributed by atoms with E-state index in [-0.39, 0.29) is 70.2 Å². The lowest BCUT2D eigenvalue weighted by Crippen LogP contribution is -2.59. The van der Waals surface area contributed by atoms with E-state index >= 15 is 0 Å². The zero-order chi connectivity index (χ0) is 36.7. The third-order valence-corrected chi connectivity index (χ3v) is 17.1. The Balaban J connectivity index is 1.29. The van der Waals surface area contributed by atoms with E-state index in [9.17, 15) is 19.2 Å². The second-order valence-electron chi connectivity index (χ2n) is 19.1. The Bertz CT molecular complexity index is 1470. The fraction of sp³-hybridized carbons (Fsp3) is 0.739. The highest BCUT2D eigenvalue weighted by atomic mass is 16.5. The molecule has 6 heteroatoms. The van der Waals surface area contributed by atoms with Crippen LogP contribution in [0.5, 0.6) is 0 Å². The number of esters is 2. The van der Waals surface area contributed by atoms with Crippen LogP contribution in [0.4, 0.5) is 0 Å². The molecule has 8 unspecified atom stereocenters. The van der Waals surface area contributed by atoms with Crippen molar-refractivity contribution in [2.45, 2.75) is 130 Å². The molecule has 0 aromatic carbocycles. The lowest BCUT2D eigenvalue weighted by molar-refractivity contribution is -0.162. The Labute approximate surface area is 311 Å². The van der Waals surface area contributed by atoms with Crippen molar-refractivity contribution in [2.24, 2.45) is 81.8 Å². The molecule has 0 aromatic heterocycles. The van der Waals surface area contributed by atoms with Crippen molar-refractivity contribution in [1.82, 2.24) is 0 Å². The van der Waals surface area contributed by atoms with Crippen LogP contribution < -0.4 is 0 Å². The van der Waals surface area contributed by atoms with Crippen LogP contribution >= 0.6 is 0 Å². The van der Waals surface area contributed by atoms with Crippen molar-refractivity contribution in [3.63, 3.8) is 0 Å². The summed E-state index contributed by atoms with van der Waals surface area (Å²) in [6.07, 6.45) is 21.4. The topological polar surface area (TPSA) is 86.7 Å². The number of fused-ring (bicyclic) bond motifs is 10. The summed E-state index contributed by atoms with van der Waals surface area (Å²) in [5.74, 6) is 4.50. The first-order chi connectivity index (χ1) is 24.9. The van der Waals surface area contributed by atoms with Crippen LogP contribution in [0.25, 0.3) is 0 Å². The Hall–Kier alpha value is -2.76. The Morgan fingerprint density at radius 2 is 1.08 bits per heavy atom. The number of carbonyl (C=O) groups is 4. The van der Waals surface area contributed by atoms with Gasteiger partial charge >= 0.3 is 11.9 Å². The second-order valence-corrected chi connectivity index (χ2v) is 19.1. The fourth-order valence-electron chi connectivity index (χ4n) is 15.5. The molecule has 0 aliphatic heterocycles. The highest BCUT2D eigenvalue weighted by molar-refractivity contribution is 5.92. The summed E-state index contributed by atoms with van der Waals surface area (Å²) in [6.45, 7) is 16.6. The minimum absolute atomic E-state index is 0.0527. The molecular formula is C46H62O6. The molecule has 282 valence electrons. The number of carbonyl (C=O) groups excluding carboxylic acids is 4. The first kappa shape index (κ1) is 36.2. The van der Waals surface area contributed by atoms with Crippen LogP contribution in [0.1, 0.15) is 118 Å². The highest BCUT2D eigenvalue weighted by Crippen LogP contribution is 2.71. The molecule has 0 bridgehead atoms. The van der Waals surface area contributed by atoms with Gasteiger partial charge in [0, 0.05) is 37.5 Å². The molecule has 52 heavy (non-hydrogen) atoms. The Kier molecular flexibility index (Phi) is 9.42. The molecule has 0 heterocycles. The summed E-state index contributed by atoms with van der Waals surface area (Å²) < 4.78 is 12.2. The van der Waals surface area contributed by atoms with Crippen molar-refractivity contribution in [1.29, 1.82) is 0 Å². The summed E-state index contributed by atoms with van der Waals surface area (Å²) in [7, 11) is 0. The summed E-state index contributed by atoms with van der Waals surface area (Å²) >= 11 is 0. The van der Waals surface area contributed by atoms with Crippen molar-refractivity contribution in [2.75, 3.05) is 0 Å². The summed E-state index contributed by atoms with van der Waals surface area (Å²) in [5, 5.41) is 0. The van der Waals surface area contributed by atoms with Gasteiger partial charge in [0.1, 0.15) is 12.2 Å². The van der Waals surface area contributed by atoms with Crippen molar-refractivity contribution < 1.29 is 28.7 Å². The van der Waals surface area contributed by atoms with Gasteiger partial charge in [0.15, 0.2) is 11.6 Å². The van der Waals surface area contributed by atoms with Crippen LogP contribution in [-0.4, -0.2) is 35.7 Å². The largest absolute Gasteiger partial charge is 0.462 e. The van der Waals surface area contributed by atoms with Crippen molar-refractivity contribution >= 4 is 23.5 Å². The molecule has 6 nitrogen and oxygen atoms in total. The molecule has 8 aliphatic rings. The van der Waals surface area contributed by atoms with Gasteiger partial charge in [-0.3, -0.25) is 19.2 Å². The van der Waals surface area contributed by atoms with Gasteiger partial charge in [0.2, 0.25) is 0 Å². The van der Waals surface area contributed by atoms with E-state index in [4.69, 9.17) is 9.47 Å². The zero-order valence-corrected chi connectivity index (χ0v) is 32.2. The smallest absolute Gasteiger partial charge is 0.302 e. The van der Waals surface area contributed by atoms with Crippen molar-refractivity contribution in [3.05, 3.63) is 48.6 Å². The molecule has 0 saturated heterocycles. The van der Waals surface area contributed by atoms with Gasteiger partial charge in [-0.15, -0.1) is 13.2 Å². The third-order valence-electron chi connectivity index (χ3n) is 17.1. The lowest BCUT2D eigenvalue weighted by atomic mass is 9.40. The van der Waals surface area contributed by atoms with Crippen LogP contribution in [0.2, 0.25) is 0 Å². The van der Waals surface area contributed by atoms with E-state index in [1.807, 2.05) is 0 Å². The van der Waals surface area contributed by atoms with Gasteiger partial charge in [0.05, 0.1) is 0 Å². The highest BCUT2D eigenvalue weighted by Gasteiger charge is 2.66. The standard InChI is InChI=1S/C46H62O6/c1-7-9-33-41-31(19-21-45(5)37(41)15-17-39(45)51-25(3)47)29-13-11-27(49)23-35(29)43(33)44-34(10-8-2)42-32(30-14-12-28(50)24-36(30)44)20-22-46(6)38(42)16-18-40(46)52-26(4)48/h7-8,23-24,29-34,37-44H,1-2,9-22H2,3-6H3/t29?,30?,31?,32?,33-,34-,37?,38?,39-,40-,41?,42?,43+,44+,45-,46-/m0/s1. The minimum atomic E-state index is -0.180. The van der Waals surface area contributed by atoms with Crippen molar-refractivity contribution in [3.8, 4) is 0 Å². The number of hydrogen-bond acceptors (Lipinski definition) is 6. The molecule has 8 aliphatic carbocycles. The fourth-order valence-corrected chi connectivity index (χ4v) is 15.5. The van der Waals surface area contributed by atoms with Crippen LogP contribution in [0.3, 0.4) is 0 Å². The van der Waals surface area contributed by atoms with E-state index in [0.29, 0.717) is 60.2 Å². The maximum Gasteiger partial charge on any atom is 0.302 e. The molecule has 16 atom stereocenters. The SMILES string of the molecule is C=CC[C@H]1C2C(CC[C@@]3(C)C2CC[C@@H]3OC(C)=O)C2CCC(=O)C=C2[C@@H]1[C@H]1C2=CC(=O)CCC2C2CC[C@@]3(C)C(CC[C@@H]3OC(C)=O)C2[C@@H]1CC=C. The number of allylic oxidation sites excluding steroid dienone is 4. The quantitative estimate of drug-likeness (QED) is 0.194. The van der Waals surface area contributed by atoms with E-state index in [1.165, 1.54) is 11.1 Å². The predicted molar refractivity (Wildman–Crippen MR) is 200 cm³/mol. The average molecular weight is 711 g/mol. The van der Waals surface area contributed by atoms with Gasteiger partial charge in [-0.05, 0) is 160 Å². The predicted octanol–water partition coefficient (Wildman–Crippen LogP) is 9.19. The lowest BCUT2D eigenvalue weighted by Gasteiger charge is -2.64. The summed E-state index contributed by atoms with van der Waals surface area (Å²) in [6, 6.07) is 0. The van der Waals surface area contributed by atoms with Crippen LogP contribution in [-0.2, 0) is 28.7 Å². The number of rotatable bonds is 7. The third kappa shape index (κ3) is 5.52. The van der Waals surface area contributed by atoms with Gasteiger partial charge in [0.25, 0.3) is 0 Å². The number of ether oxygens (including phenoxy) is 2. The zero-order valence-electron chi connectivity index (χ0n) is 32.2. The second kappa shape index (κ2) is 13.5. The molecule has 6 fully saturated rings. The maximum absolute atomic E-state index is 13.6. The van der Waals surface area contributed by atoms with Gasteiger partial charge < -0.3 is 9.47 Å². The average Bonchev–Trinajstić information content (AvgIpc) is 3.60. The van der Waals surface area contributed by atoms with Gasteiger partial charge in [-0.25, -0.2) is 0 Å². The maximum atomic E-state index is 13.6. The molecule has 0 aromatic rings. The molecule has 6 saturated carbocycles. The van der Waals surface area contributed by atoms with E-state index < -0.39 is 0 Å². The molecule has 0 spiro atoms. The summed E-state index contributed by atoms with van der Waals surface area (Å²) in [5.41, 5.74) is 2.62.